The zero-order valence-corrected chi connectivity index (χ0v) is 31.9. The van der Waals surface area contributed by atoms with Gasteiger partial charge in [0.05, 0.1) is 126 Å². The number of hydrogen-bond donors (Lipinski definition) is 1. The number of unbranched alkanes of at least 4 members (excludes halogenated alkanes) is 14. The third-order valence-electron chi connectivity index (χ3n) is 7.69. The molecule has 300 valence electrons. The lowest BCUT2D eigenvalue weighted by Crippen LogP contribution is -2.15. The zero-order valence-electron chi connectivity index (χ0n) is 31.9. The van der Waals surface area contributed by atoms with Crippen LogP contribution in [0.4, 0.5) is 0 Å². The van der Waals surface area contributed by atoms with Gasteiger partial charge >= 0.3 is 5.97 Å². The Bertz CT molecular complexity index is 629. The van der Waals surface area contributed by atoms with Gasteiger partial charge in [-0.3, -0.25) is 4.79 Å². The molecule has 0 saturated carbocycles. The van der Waals surface area contributed by atoms with Crippen molar-refractivity contribution >= 4 is 5.97 Å². The lowest BCUT2D eigenvalue weighted by atomic mass is 10.0. The molecule has 0 unspecified atom stereocenters. The van der Waals surface area contributed by atoms with E-state index in [1.807, 2.05) is 0 Å². The Morgan fingerprint density at radius 1 is 0.340 bits per heavy atom. The van der Waals surface area contributed by atoms with E-state index in [9.17, 15) is 4.79 Å². The van der Waals surface area contributed by atoms with Crippen molar-refractivity contribution in [3.8, 4) is 0 Å². The molecule has 0 aliphatic carbocycles. The first-order valence-electron chi connectivity index (χ1n) is 19.8. The van der Waals surface area contributed by atoms with Gasteiger partial charge in [0, 0.05) is 6.42 Å². The molecule has 0 fully saturated rings. The highest BCUT2D eigenvalue weighted by Crippen LogP contribution is 2.13. The van der Waals surface area contributed by atoms with Gasteiger partial charge in [0.2, 0.25) is 0 Å². The topological polar surface area (TPSA) is 130 Å². The van der Waals surface area contributed by atoms with E-state index in [1.165, 1.54) is 83.5 Å². The van der Waals surface area contributed by atoms with Crippen molar-refractivity contribution in [2.45, 2.75) is 110 Å². The Hall–Kier alpha value is -0.930. The number of esters is 1. The highest BCUT2D eigenvalue weighted by atomic mass is 16.6. The second-order valence-electron chi connectivity index (χ2n) is 12.2. The van der Waals surface area contributed by atoms with Crippen molar-refractivity contribution in [1.82, 2.24) is 0 Å². The number of carbonyl (C=O) groups excluding carboxylic acids is 1. The zero-order chi connectivity index (χ0) is 36.1. The molecule has 0 aliphatic rings. The van der Waals surface area contributed by atoms with Gasteiger partial charge in [-0.05, 0) is 6.42 Å². The van der Waals surface area contributed by atoms with Crippen LogP contribution in [-0.4, -0.2) is 143 Å². The van der Waals surface area contributed by atoms with Crippen LogP contribution >= 0.6 is 0 Å². The van der Waals surface area contributed by atoms with Crippen molar-refractivity contribution in [2.75, 3.05) is 132 Å². The molecule has 0 aliphatic heterocycles. The molecule has 0 spiro atoms. The Kier molecular flexibility index (Phi) is 45.2. The third kappa shape index (κ3) is 45.1. The molecule has 0 amide bonds. The minimum Gasteiger partial charge on any atom is -0.463 e. The summed E-state index contributed by atoms with van der Waals surface area (Å²) < 4.78 is 53.9. The van der Waals surface area contributed by atoms with E-state index in [2.05, 4.69) is 6.92 Å². The lowest BCUT2D eigenvalue weighted by Gasteiger charge is -2.09. The molecule has 0 heterocycles. The van der Waals surface area contributed by atoms with Gasteiger partial charge in [-0.1, -0.05) is 96.8 Å². The molecule has 0 aromatic carbocycles. The van der Waals surface area contributed by atoms with Crippen LogP contribution in [0.25, 0.3) is 0 Å². The van der Waals surface area contributed by atoms with Gasteiger partial charge in [0.1, 0.15) is 6.61 Å². The van der Waals surface area contributed by atoms with Gasteiger partial charge in [0.15, 0.2) is 0 Å². The van der Waals surface area contributed by atoms with Crippen LogP contribution < -0.4 is 0 Å². The highest BCUT2D eigenvalue weighted by molar-refractivity contribution is 5.69. The summed E-state index contributed by atoms with van der Waals surface area (Å²) in [6.07, 6.45) is 20.2. The van der Waals surface area contributed by atoms with E-state index < -0.39 is 0 Å². The van der Waals surface area contributed by atoms with E-state index in [4.69, 9.17) is 52.5 Å². The average Bonchev–Trinajstić information content (AvgIpc) is 3.12. The van der Waals surface area contributed by atoms with Crippen molar-refractivity contribution in [1.29, 1.82) is 0 Å². The van der Waals surface area contributed by atoms with Gasteiger partial charge in [-0.25, -0.2) is 0 Å². The molecule has 1 N–H and O–H groups in total. The minimum atomic E-state index is -0.131. The molecular weight excluding hydrogens is 648 g/mol. The first kappa shape index (κ1) is 49.1. The summed E-state index contributed by atoms with van der Waals surface area (Å²) in [6.45, 7) is 11.2. The summed E-state index contributed by atoms with van der Waals surface area (Å²) in [5, 5.41) is 8.59. The monoisotopic (exact) mass is 725 g/mol. The fourth-order valence-electron chi connectivity index (χ4n) is 4.85. The Balaban J connectivity index is 3.13. The van der Waals surface area contributed by atoms with E-state index in [1.54, 1.807) is 0 Å². The molecule has 12 nitrogen and oxygen atoms in total. The molecule has 50 heavy (non-hydrogen) atoms. The van der Waals surface area contributed by atoms with Crippen LogP contribution in [0.3, 0.4) is 0 Å². The maximum Gasteiger partial charge on any atom is 0.305 e. The number of hydrogen-bond acceptors (Lipinski definition) is 12. The largest absolute Gasteiger partial charge is 0.463 e. The molecular formula is C38H76O12. The van der Waals surface area contributed by atoms with E-state index in [0.29, 0.717) is 125 Å². The fourth-order valence-corrected chi connectivity index (χ4v) is 4.85. The Morgan fingerprint density at radius 2 is 0.580 bits per heavy atom. The summed E-state index contributed by atoms with van der Waals surface area (Å²) in [6, 6.07) is 0. The number of ether oxygens (including phenoxy) is 10. The molecule has 0 aromatic rings. The maximum atomic E-state index is 11.9. The van der Waals surface area contributed by atoms with Crippen molar-refractivity contribution in [2.24, 2.45) is 0 Å². The number of aliphatic hydroxyl groups excluding tert-OH is 1. The van der Waals surface area contributed by atoms with Crippen LogP contribution in [0.1, 0.15) is 110 Å². The summed E-state index contributed by atoms with van der Waals surface area (Å²) >= 11 is 0. The van der Waals surface area contributed by atoms with E-state index in [0.717, 1.165) is 12.8 Å². The SMILES string of the molecule is CCCCCCCCCCCCCCCCCC(=O)OCCOCCOCCOCCOCCOCCOCCOCCOCCOCCO. The Labute approximate surface area is 304 Å². The predicted molar refractivity (Wildman–Crippen MR) is 195 cm³/mol. The van der Waals surface area contributed by atoms with Crippen molar-refractivity contribution < 1.29 is 57.3 Å². The molecule has 0 rings (SSSR count). The summed E-state index contributed by atoms with van der Waals surface area (Å²) in [5.74, 6) is -0.131. The minimum absolute atomic E-state index is 0.0248. The van der Waals surface area contributed by atoms with Crippen LogP contribution in [0.15, 0.2) is 0 Å². The molecule has 12 heteroatoms. The van der Waals surface area contributed by atoms with Gasteiger partial charge in [-0.2, -0.15) is 0 Å². The van der Waals surface area contributed by atoms with Crippen LogP contribution in [0.2, 0.25) is 0 Å². The second-order valence-corrected chi connectivity index (χ2v) is 12.2. The van der Waals surface area contributed by atoms with E-state index in [-0.39, 0.29) is 19.2 Å². The summed E-state index contributed by atoms with van der Waals surface area (Å²) in [4.78, 5) is 11.9. The first-order chi connectivity index (χ1) is 24.8. The molecule has 0 bridgehead atoms. The summed E-state index contributed by atoms with van der Waals surface area (Å²) in [7, 11) is 0. The van der Waals surface area contributed by atoms with Gasteiger partial charge < -0.3 is 52.5 Å². The second kappa shape index (κ2) is 46.1. The smallest absolute Gasteiger partial charge is 0.305 e. The van der Waals surface area contributed by atoms with Crippen LogP contribution in [-0.2, 0) is 52.2 Å². The number of carbonyl (C=O) groups is 1. The predicted octanol–water partition coefficient (Wildman–Crippen LogP) is 5.93. The van der Waals surface area contributed by atoms with Crippen LogP contribution in [0, 0.1) is 0 Å². The van der Waals surface area contributed by atoms with E-state index >= 15 is 0 Å². The standard InChI is InChI=1S/C38H76O12/c1-2-3-4-5-6-7-8-9-10-11-12-13-14-15-16-17-38(40)50-37-36-49-35-34-48-33-32-47-31-30-46-29-28-45-27-26-44-25-24-43-23-22-42-21-20-41-19-18-39/h39H,2-37H2,1H3. The van der Waals surface area contributed by atoms with Gasteiger partial charge in [-0.15, -0.1) is 0 Å². The molecule has 0 atom stereocenters. The summed E-state index contributed by atoms with van der Waals surface area (Å²) in [5.41, 5.74) is 0. The lowest BCUT2D eigenvalue weighted by molar-refractivity contribution is -0.145. The van der Waals surface area contributed by atoms with Crippen molar-refractivity contribution in [3.05, 3.63) is 0 Å². The van der Waals surface area contributed by atoms with Gasteiger partial charge in [0.25, 0.3) is 0 Å². The average molecular weight is 725 g/mol. The first-order valence-corrected chi connectivity index (χ1v) is 19.8. The third-order valence-corrected chi connectivity index (χ3v) is 7.69. The highest BCUT2D eigenvalue weighted by Gasteiger charge is 2.03. The molecule has 0 radical (unpaired) electrons. The normalized spacial score (nSPS) is 11.5. The van der Waals surface area contributed by atoms with Crippen LogP contribution in [0.5, 0.6) is 0 Å². The molecule has 0 aromatic heterocycles. The van der Waals surface area contributed by atoms with Crippen molar-refractivity contribution in [3.63, 3.8) is 0 Å². The fraction of sp³-hybridized carbons (Fsp3) is 0.974. The molecule has 0 saturated heterocycles. The Morgan fingerprint density at radius 3 is 0.860 bits per heavy atom. The number of aliphatic hydroxyl groups is 1. The number of rotatable bonds is 45. The quantitative estimate of drug-likeness (QED) is 0.0590. The maximum absolute atomic E-state index is 11.9.